The first-order chi connectivity index (χ1) is 9.26. The van der Waals surface area contributed by atoms with Gasteiger partial charge in [-0.1, -0.05) is 12.1 Å². The summed E-state index contributed by atoms with van der Waals surface area (Å²) in [5, 5.41) is 9.20. The van der Waals surface area contributed by atoms with E-state index in [9.17, 15) is 9.90 Å². The summed E-state index contributed by atoms with van der Waals surface area (Å²) in [5.74, 6) is 1.07. The van der Waals surface area contributed by atoms with Crippen molar-refractivity contribution in [1.29, 1.82) is 0 Å². The molecule has 0 bridgehead atoms. The first kappa shape index (κ1) is 13.7. The number of nitrogens with zero attached hydrogens (tertiary/aromatic N) is 1. The first-order valence-electron chi connectivity index (χ1n) is 6.42. The molecule has 1 saturated heterocycles. The predicted molar refractivity (Wildman–Crippen MR) is 70.3 cm³/mol. The summed E-state index contributed by atoms with van der Waals surface area (Å²) < 4.78 is 10.7. The molecule has 2 rings (SSSR count). The number of ether oxygens (including phenoxy) is 2. The zero-order valence-electron chi connectivity index (χ0n) is 11.0. The van der Waals surface area contributed by atoms with Crippen LogP contribution in [0.1, 0.15) is 12.8 Å². The summed E-state index contributed by atoms with van der Waals surface area (Å²) in [5.41, 5.74) is 0. The van der Waals surface area contributed by atoms with Gasteiger partial charge in [-0.15, -0.1) is 0 Å². The van der Waals surface area contributed by atoms with Crippen LogP contribution in [0.5, 0.6) is 11.5 Å². The van der Waals surface area contributed by atoms with Crippen LogP contribution in [0.15, 0.2) is 24.3 Å². The van der Waals surface area contributed by atoms with Crippen molar-refractivity contribution in [2.45, 2.75) is 18.9 Å². The fraction of sp³-hybridized carbons (Fsp3) is 0.500. The van der Waals surface area contributed by atoms with E-state index < -0.39 is 0 Å². The lowest BCUT2D eigenvalue weighted by atomic mass is 10.2. The Kier molecular flexibility index (Phi) is 4.63. The SMILES string of the molecule is COc1ccccc1OCC(=O)N1CCCC1CO. The van der Waals surface area contributed by atoms with Gasteiger partial charge in [-0.25, -0.2) is 0 Å². The molecule has 1 atom stereocenters. The van der Waals surface area contributed by atoms with Gasteiger partial charge in [-0.3, -0.25) is 4.79 Å². The third-order valence-electron chi connectivity index (χ3n) is 3.33. The molecule has 104 valence electrons. The van der Waals surface area contributed by atoms with Crippen molar-refractivity contribution in [1.82, 2.24) is 4.90 Å². The highest BCUT2D eigenvalue weighted by molar-refractivity contribution is 5.78. The average molecular weight is 265 g/mol. The van der Waals surface area contributed by atoms with Crippen LogP contribution in [-0.2, 0) is 4.79 Å². The molecule has 1 aromatic carbocycles. The van der Waals surface area contributed by atoms with Crippen molar-refractivity contribution in [2.24, 2.45) is 0 Å². The van der Waals surface area contributed by atoms with E-state index >= 15 is 0 Å². The minimum absolute atomic E-state index is 0.0143. The minimum Gasteiger partial charge on any atom is -0.493 e. The average Bonchev–Trinajstić information content (AvgIpc) is 2.93. The highest BCUT2D eigenvalue weighted by Gasteiger charge is 2.28. The summed E-state index contributed by atoms with van der Waals surface area (Å²) in [7, 11) is 1.56. The Balaban J connectivity index is 1.93. The number of benzene rings is 1. The molecule has 1 aliphatic heterocycles. The Morgan fingerprint density at radius 2 is 2.16 bits per heavy atom. The van der Waals surface area contributed by atoms with Crippen LogP contribution >= 0.6 is 0 Å². The van der Waals surface area contributed by atoms with Gasteiger partial charge >= 0.3 is 0 Å². The van der Waals surface area contributed by atoms with Crippen LogP contribution in [0.4, 0.5) is 0 Å². The standard InChI is InChI=1S/C14H19NO4/c1-18-12-6-2-3-7-13(12)19-10-14(17)15-8-4-5-11(15)9-16/h2-3,6-7,11,16H,4-5,8-10H2,1H3. The number of likely N-dealkylation sites (tertiary alicyclic amines) is 1. The van der Waals surface area contributed by atoms with Gasteiger partial charge in [0.2, 0.25) is 0 Å². The van der Waals surface area contributed by atoms with Crippen molar-refractivity contribution >= 4 is 5.91 Å². The molecular formula is C14H19NO4. The Bertz CT molecular complexity index is 435. The highest BCUT2D eigenvalue weighted by atomic mass is 16.5. The molecule has 5 nitrogen and oxygen atoms in total. The van der Waals surface area contributed by atoms with E-state index in [1.54, 1.807) is 24.1 Å². The maximum atomic E-state index is 12.0. The van der Waals surface area contributed by atoms with Gasteiger partial charge in [0, 0.05) is 6.54 Å². The number of carbonyl (C=O) groups is 1. The second-order valence-electron chi connectivity index (χ2n) is 4.51. The van der Waals surface area contributed by atoms with Crippen molar-refractivity contribution in [3.8, 4) is 11.5 Å². The molecular weight excluding hydrogens is 246 g/mol. The molecule has 1 heterocycles. The lowest BCUT2D eigenvalue weighted by Crippen LogP contribution is -2.40. The number of carbonyl (C=O) groups excluding carboxylic acids is 1. The quantitative estimate of drug-likeness (QED) is 0.864. The van der Waals surface area contributed by atoms with E-state index in [4.69, 9.17) is 9.47 Å². The molecule has 1 amide bonds. The molecule has 5 heteroatoms. The number of methoxy groups -OCH3 is 1. The molecule has 0 aliphatic carbocycles. The summed E-state index contributed by atoms with van der Waals surface area (Å²) >= 11 is 0. The van der Waals surface area contributed by atoms with E-state index in [0.29, 0.717) is 18.0 Å². The topological polar surface area (TPSA) is 59.0 Å². The Hall–Kier alpha value is -1.75. The number of rotatable bonds is 5. The number of aliphatic hydroxyl groups is 1. The Labute approximate surface area is 112 Å². The zero-order valence-corrected chi connectivity index (χ0v) is 11.0. The monoisotopic (exact) mass is 265 g/mol. The van der Waals surface area contributed by atoms with Gasteiger partial charge in [-0.05, 0) is 25.0 Å². The normalized spacial score (nSPS) is 18.4. The maximum absolute atomic E-state index is 12.0. The summed E-state index contributed by atoms with van der Waals surface area (Å²) in [4.78, 5) is 13.7. The number of hydrogen-bond donors (Lipinski definition) is 1. The molecule has 1 unspecified atom stereocenters. The smallest absolute Gasteiger partial charge is 0.260 e. The Morgan fingerprint density at radius 1 is 1.42 bits per heavy atom. The lowest BCUT2D eigenvalue weighted by Gasteiger charge is -2.23. The van der Waals surface area contributed by atoms with E-state index in [0.717, 1.165) is 12.8 Å². The predicted octanol–water partition coefficient (Wildman–Crippen LogP) is 1.06. The molecule has 19 heavy (non-hydrogen) atoms. The fourth-order valence-electron chi connectivity index (χ4n) is 2.31. The van der Waals surface area contributed by atoms with Crippen molar-refractivity contribution in [2.75, 3.05) is 26.9 Å². The van der Waals surface area contributed by atoms with Crippen LogP contribution < -0.4 is 9.47 Å². The number of aliphatic hydroxyl groups excluding tert-OH is 1. The molecule has 1 aliphatic rings. The van der Waals surface area contributed by atoms with Gasteiger partial charge in [0.1, 0.15) is 0 Å². The second-order valence-corrected chi connectivity index (χ2v) is 4.51. The van der Waals surface area contributed by atoms with E-state index in [-0.39, 0.29) is 25.2 Å². The molecule has 1 aromatic rings. The van der Waals surface area contributed by atoms with Crippen LogP contribution in [0.3, 0.4) is 0 Å². The number of hydrogen-bond acceptors (Lipinski definition) is 4. The van der Waals surface area contributed by atoms with Crippen molar-refractivity contribution < 1.29 is 19.4 Å². The fourth-order valence-corrected chi connectivity index (χ4v) is 2.31. The van der Waals surface area contributed by atoms with Crippen molar-refractivity contribution in [3.63, 3.8) is 0 Å². The van der Waals surface area contributed by atoms with Crippen LogP contribution in [0, 0.1) is 0 Å². The molecule has 0 radical (unpaired) electrons. The van der Waals surface area contributed by atoms with Gasteiger partial charge in [0.05, 0.1) is 19.8 Å². The van der Waals surface area contributed by atoms with Gasteiger partial charge in [-0.2, -0.15) is 0 Å². The van der Waals surface area contributed by atoms with Gasteiger partial charge in [0.15, 0.2) is 18.1 Å². The van der Waals surface area contributed by atoms with Gasteiger partial charge < -0.3 is 19.5 Å². The minimum atomic E-state index is -0.0949. The summed E-state index contributed by atoms with van der Waals surface area (Å²) in [6.07, 6.45) is 1.79. The lowest BCUT2D eigenvalue weighted by molar-refractivity contribution is -0.134. The summed E-state index contributed by atoms with van der Waals surface area (Å²) in [6, 6.07) is 7.16. The molecule has 0 saturated carbocycles. The third-order valence-corrected chi connectivity index (χ3v) is 3.33. The largest absolute Gasteiger partial charge is 0.493 e. The van der Waals surface area contributed by atoms with E-state index in [1.165, 1.54) is 0 Å². The van der Waals surface area contributed by atoms with E-state index in [2.05, 4.69) is 0 Å². The van der Waals surface area contributed by atoms with Gasteiger partial charge in [0.25, 0.3) is 5.91 Å². The Morgan fingerprint density at radius 3 is 2.84 bits per heavy atom. The molecule has 1 fully saturated rings. The van der Waals surface area contributed by atoms with Crippen LogP contribution in [0.2, 0.25) is 0 Å². The van der Waals surface area contributed by atoms with Crippen LogP contribution in [-0.4, -0.2) is 48.8 Å². The zero-order chi connectivity index (χ0) is 13.7. The molecule has 1 N–H and O–H groups in total. The number of para-hydroxylation sites is 2. The first-order valence-corrected chi connectivity index (χ1v) is 6.42. The molecule has 0 spiro atoms. The second kappa shape index (κ2) is 6.43. The highest BCUT2D eigenvalue weighted by Crippen LogP contribution is 2.26. The number of amides is 1. The van der Waals surface area contributed by atoms with Crippen molar-refractivity contribution in [3.05, 3.63) is 24.3 Å². The third kappa shape index (κ3) is 3.17. The summed E-state index contributed by atoms with van der Waals surface area (Å²) in [6.45, 7) is 0.677. The van der Waals surface area contributed by atoms with Crippen LogP contribution in [0.25, 0.3) is 0 Å². The maximum Gasteiger partial charge on any atom is 0.260 e. The van der Waals surface area contributed by atoms with E-state index in [1.807, 2.05) is 12.1 Å². The molecule has 0 aromatic heterocycles.